The first-order valence-electron chi connectivity index (χ1n) is 12.9. The third kappa shape index (κ3) is 7.16. The van der Waals surface area contributed by atoms with E-state index < -0.39 is 5.91 Å². The monoisotopic (exact) mass is 502 g/mol. The number of carbonyl (C=O) groups is 1. The molecule has 0 aliphatic carbocycles. The highest BCUT2D eigenvalue weighted by atomic mass is 16.1. The molecule has 0 radical (unpaired) electrons. The zero-order valence-electron chi connectivity index (χ0n) is 22.4. The molecule has 0 spiro atoms. The highest BCUT2D eigenvalue weighted by molar-refractivity contribution is 5.94. The number of anilines is 4. The molecule has 1 fully saturated rings. The average Bonchev–Trinajstić information content (AvgIpc) is 3.27. The number of aryl methyl sites for hydroxylation is 2. The highest BCUT2D eigenvalue weighted by Crippen LogP contribution is 2.23. The van der Waals surface area contributed by atoms with Crippen LogP contribution in [0.15, 0.2) is 42.5 Å². The number of carbonyl (C=O) groups excluding carboxylic acids is 1. The summed E-state index contributed by atoms with van der Waals surface area (Å²) in [6.07, 6.45) is 1.96. The van der Waals surface area contributed by atoms with Crippen LogP contribution in [0.3, 0.4) is 0 Å². The fourth-order valence-electron chi connectivity index (χ4n) is 4.59. The zero-order chi connectivity index (χ0) is 26.5. The second-order valence-electron chi connectivity index (χ2n) is 10.4. The predicted molar refractivity (Wildman–Crippen MR) is 150 cm³/mol. The lowest BCUT2D eigenvalue weighted by Crippen LogP contribution is -2.27. The molecule has 0 saturated carbocycles. The molecule has 1 unspecified atom stereocenters. The van der Waals surface area contributed by atoms with E-state index >= 15 is 0 Å². The minimum absolute atomic E-state index is 0.203. The summed E-state index contributed by atoms with van der Waals surface area (Å²) in [7, 11) is 1.98. The van der Waals surface area contributed by atoms with Crippen LogP contribution in [0, 0.1) is 19.8 Å². The summed E-state index contributed by atoms with van der Waals surface area (Å²) >= 11 is 0. The summed E-state index contributed by atoms with van der Waals surface area (Å²) in [5.41, 5.74) is 10.2. The maximum absolute atomic E-state index is 11.7. The lowest BCUT2D eigenvalue weighted by atomic mass is 10.0. The molecule has 1 amide bonds. The topological polar surface area (TPSA) is 121 Å². The quantitative estimate of drug-likeness (QED) is 0.330. The highest BCUT2D eigenvalue weighted by Gasteiger charge is 2.25. The van der Waals surface area contributed by atoms with Crippen LogP contribution < -0.4 is 26.6 Å². The van der Waals surface area contributed by atoms with E-state index in [0.717, 1.165) is 37.2 Å². The number of nitrogens with zero attached hydrogens (tertiary/aromatic N) is 4. The van der Waals surface area contributed by atoms with Crippen LogP contribution in [0.25, 0.3) is 0 Å². The molecular formula is C28H38N8O. The maximum Gasteiger partial charge on any atom is 0.248 e. The molecule has 1 aliphatic rings. The Balaban J connectivity index is 1.52. The van der Waals surface area contributed by atoms with Crippen LogP contribution in [0.1, 0.15) is 47.3 Å². The van der Waals surface area contributed by atoms with E-state index in [1.54, 1.807) is 12.1 Å². The van der Waals surface area contributed by atoms with Gasteiger partial charge in [0.25, 0.3) is 0 Å². The smallest absolute Gasteiger partial charge is 0.248 e. The fourth-order valence-corrected chi connectivity index (χ4v) is 4.59. The lowest BCUT2D eigenvalue weighted by Gasteiger charge is -2.21. The second-order valence-corrected chi connectivity index (χ2v) is 10.4. The van der Waals surface area contributed by atoms with Gasteiger partial charge < -0.3 is 26.6 Å². The Labute approximate surface area is 219 Å². The number of amides is 1. The Hall–Kier alpha value is -3.72. The standard InChI is InChI=1S/C28H38N8O/c1-17(2)16-36(5)28-34-26(31-23-14-22(30-15-23)12-20-9-6-18(3)7-10-20)33-27(35-28)32-24-13-21(25(29)37)11-8-19(24)4/h6-11,13,17,22-23,30H,12,14-16H2,1-5H3,(H2,29,37)(H2,31,32,33,34,35)/t22?,23-/m1/s1. The van der Waals surface area contributed by atoms with Crippen molar-refractivity contribution >= 4 is 29.4 Å². The van der Waals surface area contributed by atoms with Crippen molar-refractivity contribution in [2.24, 2.45) is 11.7 Å². The van der Waals surface area contributed by atoms with Gasteiger partial charge in [0.2, 0.25) is 23.8 Å². The second kappa shape index (κ2) is 11.6. The number of hydrogen-bond acceptors (Lipinski definition) is 8. The average molecular weight is 503 g/mol. The van der Waals surface area contributed by atoms with Gasteiger partial charge in [-0.2, -0.15) is 15.0 Å². The van der Waals surface area contributed by atoms with Crippen molar-refractivity contribution in [1.29, 1.82) is 0 Å². The first-order chi connectivity index (χ1) is 17.7. The number of rotatable bonds is 10. The molecule has 2 atom stereocenters. The Morgan fingerprint density at radius 1 is 1.11 bits per heavy atom. The van der Waals surface area contributed by atoms with Crippen molar-refractivity contribution < 1.29 is 4.79 Å². The van der Waals surface area contributed by atoms with Gasteiger partial charge in [-0.05, 0) is 55.9 Å². The Kier molecular flexibility index (Phi) is 8.23. The van der Waals surface area contributed by atoms with Crippen LogP contribution in [-0.2, 0) is 6.42 Å². The van der Waals surface area contributed by atoms with Crippen molar-refractivity contribution in [3.63, 3.8) is 0 Å². The Morgan fingerprint density at radius 3 is 2.54 bits per heavy atom. The number of nitrogens with one attached hydrogen (secondary N) is 3. The molecule has 9 heteroatoms. The first kappa shape index (κ1) is 26.3. The molecule has 5 N–H and O–H groups in total. The lowest BCUT2D eigenvalue weighted by molar-refractivity contribution is 0.100. The van der Waals surface area contributed by atoms with Crippen LogP contribution in [0.4, 0.5) is 23.5 Å². The van der Waals surface area contributed by atoms with Crippen LogP contribution >= 0.6 is 0 Å². The van der Waals surface area contributed by atoms with Crippen molar-refractivity contribution in [3.8, 4) is 0 Å². The summed E-state index contributed by atoms with van der Waals surface area (Å²) in [4.78, 5) is 27.8. The predicted octanol–water partition coefficient (Wildman–Crippen LogP) is 3.81. The fraction of sp³-hybridized carbons (Fsp3) is 0.429. The summed E-state index contributed by atoms with van der Waals surface area (Å²) in [6, 6.07) is 14.6. The van der Waals surface area contributed by atoms with E-state index in [1.807, 2.05) is 24.9 Å². The van der Waals surface area contributed by atoms with Crippen LogP contribution in [0.5, 0.6) is 0 Å². The molecule has 1 aliphatic heterocycles. The number of aromatic nitrogens is 3. The van der Waals surface area contributed by atoms with E-state index in [0.29, 0.717) is 35.4 Å². The maximum atomic E-state index is 11.7. The van der Waals surface area contributed by atoms with Gasteiger partial charge in [0.15, 0.2) is 0 Å². The van der Waals surface area contributed by atoms with Crippen molar-refractivity contribution in [3.05, 3.63) is 64.7 Å². The van der Waals surface area contributed by atoms with E-state index in [-0.39, 0.29) is 6.04 Å². The number of benzene rings is 2. The molecule has 37 heavy (non-hydrogen) atoms. The van der Waals surface area contributed by atoms with Gasteiger partial charge in [0.05, 0.1) is 0 Å². The zero-order valence-corrected chi connectivity index (χ0v) is 22.4. The Morgan fingerprint density at radius 2 is 1.84 bits per heavy atom. The molecule has 196 valence electrons. The van der Waals surface area contributed by atoms with Crippen LogP contribution in [0.2, 0.25) is 0 Å². The molecule has 0 bridgehead atoms. The molecule has 4 rings (SSSR count). The summed E-state index contributed by atoms with van der Waals surface area (Å²) in [5, 5.41) is 10.4. The SMILES string of the molecule is Cc1ccc(CC2C[C@@H](Nc3nc(Nc4cc(C(N)=O)ccc4C)nc(N(C)CC(C)C)n3)CN2)cc1. The molecule has 2 aromatic carbocycles. The minimum Gasteiger partial charge on any atom is -0.366 e. The number of hydrogen-bond donors (Lipinski definition) is 4. The van der Waals surface area contributed by atoms with E-state index in [2.05, 4.69) is 71.0 Å². The third-order valence-electron chi connectivity index (χ3n) is 6.53. The molecule has 1 saturated heterocycles. The first-order valence-corrected chi connectivity index (χ1v) is 12.9. The summed E-state index contributed by atoms with van der Waals surface area (Å²) in [6.45, 7) is 10.0. The third-order valence-corrected chi connectivity index (χ3v) is 6.53. The van der Waals surface area contributed by atoms with E-state index in [4.69, 9.17) is 10.7 Å². The van der Waals surface area contributed by atoms with Crippen molar-refractivity contribution in [1.82, 2.24) is 20.3 Å². The largest absolute Gasteiger partial charge is 0.366 e. The summed E-state index contributed by atoms with van der Waals surface area (Å²) < 4.78 is 0. The van der Waals surface area contributed by atoms with Crippen LogP contribution in [-0.4, -0.2) is 53.1 Å². The number of nitrogens with two attached hydrogens (primary N) is 1. The van der Waals surface area contributed by atoms with Gasteiger partial charge in [-0.25, -0.2) is 0 Å². The molecule has 3 aromatic rings. The van der Waals surface area contributed by atoms with E-state index in [1.165, 1.54) is 11.1 Å². The van der Waals surface area contributed by atoms with Gasteiger partial charge in [0, 0.05) is 43.5 Å². The van der Waals surface area contributed by atoms with Gasteiger partial charge in [0.1, 0.15) is 0 Å². The van der Waals surface area contributed by atoms with Gasteiger partial charge in [-0.3, -0.25) is 4.79 Å². The van der Waals surface area contributed by atoms with E-state index in [9.17, 15) is 4.79 Å². The molecule has 2 heterocycles. The van der Waals surface area contributed by atoms with Crippen molar-refractivity contribution in [2.45, 2.75) is 52.6 Å². The van der Waals surface area contributed by atoms with Gasteiger partial charge >= 0.3 is 0 Å². The molecule has 1 aromatic heterocycles. The molecule has 9 nitrogen and oxygen atoms in total. The van der Waals surface area contributed by atoms with Gasteiger partial charge in [-0.1, -0.05) is 49.7 Å². The summed E-state index contributed by atoms with van der Waals surface area (Å²) in [5.74, 6) is 1.49. The van der Waals surface area contributed by atoms with Gasteiger partial charge in [-0.15, -0.1) is 0 Å². The minimum atomic E-state index is -0.479. The molecular weight excluding hydrogens is 464 g/mol. The Bertz CT molecular complexity index is 1230. The van der Waals surface area contributed by atoms with Crippen molar-refractivity contribution in [2.75, 3.05) is 35.7 Å². The number of primary amides is 1. The normalized spacial score (nSPS) is 17.1.